The maximum atomic E-state index is 14.0. The van der Waals surface area contributed by atoms with Crippen LogP contribution < -0.4 is 5.32 Å². The van der Waals surface area contributed by atoms with E-state index in [4.69, 9.17) is 14.3 Å². The zero-order valence-electron chi connectivity index (χ0n) is 34.3. The number of fused-ring (bicyclic) bond motifs is 2. The quantitative estimate of drug-likeness (QED) is 0.0788. The van der Waals surface area contributed by atoms with Gasteiger partial charge in [0.2, 0.25) is 20.0 Å². The van der Waals surface area contributed by atoms with Crippen LogP contribution in [0, 0.1) is 29.6 Å². The van der Waals surface area contributed by atoms with Crippen LogP contribution >= 0.6 is 0 Å². The maximum Gasteiger partial charge on any atom is 0.408 e. The molecule has 0 saturated carbocycles. The van der Waals surface area contributed by atoms with Gasteiger partial charge >= 0.3 is 12.1 Å². The number of hydrogen-bond acceptors (Lipinski definition) is 12. The molecule has 2 unspecified atom stereocenters. The zero-order chi connectivity index (χ0) is 42.0. The van der Waals surface area contributed by atoms with Crippen LogP contribution in [-0.2, 0) is 39.2 Å². The maximum absolute atomic E-state index is 14.0. The second-order valence-corrected chi connectivity index (χ2v) is 20.9. The Balaban J connectivity index is 1.52. The van der Waals surface area contributed by atoms with E-state index in [-0.39, 0.29) is 61.9 Å². The molecule has 2 aromatic rings. The molecule has 5 rings (SSSR count). The van der Waals surface area contributed by atoms with E-state index in [2.05, 4.69) is 15.6 Å². The molecule has 2 saturated heterocycles. The highest BCUT2D eigenvalue weighted by Gasteiger charge is 2.37. The minimum absolute atomic E-state index is 0.0324. The van der Waals surface area contributed by atoms with Crippen molar-refractivity contribution in [2.45, 2.75) is 103 Å². The first-order chi connectivity index (χ1) is 26.7. The van der Waals surface area contributed by atoms with Crippen molar-refractivity contribution in [3.63, 3.8) is 0 Å². The summed E-state index contributed by atoms with van der Waals surface area (Å²) in [5.41, 5.74) is 0.338. The second kappa shape index (κ2) is 17.4. The van der Waals surface area contributed by atoms with Gasteiger partial charge in [-0.25, -0.2) is 26.4 Å². The summed E-state index contributed by atoms with van der Waals surface area (Å²) < 4.78 is 69.8. The Morgan fingerprint density at radius 3 is 1.67 bits per heavy atom. The van der Waals surface area contributed by atoms with Crippen LogP contribution in [-0.4, -0.2) is 98.8 Å². The Labute approximate surface area is 336 Å². The molecule has 57 heavy (non-hydrogen) atoms. The molecule has 3 aliphatic rings. The summed E-state index contributed by atoms with van der Waals surface area (Å²) in [5.74, 6) is -0.449. The zero-order valence-corrected chi connectivity index (χ0v) is 35.9. The number of ether oxygens (including phenoxy) is 2. The Morgan fingerprint density at radius 2 is 1.26 bits per heavy atom. The molecule has 1 aliphatic carbocycles. The fourth-order valence-electron chi connectivity index (χ4n) is 7.94. The van der Waals surface area contributed by atoms with E-state index in [9.17, 15) is 31.6 Å². The number of carbonyl (C=O) groups excluding carboxylic acids is 2. The summed E-state index contributed by atoms with van der Waals surface area (Å²) in [5, 5.41) is 21.0. The van der Waals surface area contributed by atoms with Gasteiger partial charge in [-0.2, -0.15) is 8.61 Å². The molecule has 2 N–H and O–H groups in total. The van der Waals surface area contributed by atoms with Gasteiger partial charge in [-0.3, -0.25) is 0 Å². The fourth-order valence-corrected chi connectivity index (χ4v) is 11.4. The van der Waals surface area contributed by atoms with Crippen molar-refractivity contribution < 1.29 is 45.9 Å². The molecule has 2 aromatic carbocycles. The SMILES string of the molecule is CCC(C)C(NC(=O)OC(C)(C)C)C(=O)OCON=C1c2ccc(S(=O)(=O)N3C[C@H](C)C[C@H](C)C3)cc2C(=NO)c2cc(S(=O)(=O)N3C[C@H](C)C[C@H](C)C3)ccc21. The highest BCUT2D eigenvalue weighted by atomic mass is 32.2. The van der Waals surface area contributed by atoms with Gasteiger partial charge in [-0.15, -0.1) is 0 Å². The van der Waals surface area contributed by atoms with Crippen molar-refractivity contribution in [3.8, 4) is 0 Å². The summed E-state index contributed by atoms with van der Waals surface area (Å²) in [6, 6.07) is 7.72. The molecule has 0 radical (unpaired) electrons. The third-order valence-corrected chi connectivity index (χ3v) is 14.3. The van der Waals surface area contributed by atoms with Crippen LogP contribution in [0.3, 0.4) is 0 Å². The first kappa shape index (κ1) is 44.1. The van der Waals surface area contributed by atoms with Crippen LogP contribution in [0.1, 0.15) is 104 Å². The number of carbonyl (C=O) groups is 2. The molecule has 2 fully saturated rings. The Bertz CT molecular complexity index is 1980. The van der Waals surface area contributed by atoms with E-state index < -0.39 is 50.5 Å². The molecule has 2 aliphatic heterocycles. The van der Waals surface area contributed by atoms with Gasteiger partial charge in [0.15, 0.2) is 0 Å². The highest BCUT2D eigenvalue weighted by molar-refractivity contribution is 7.89. The van der Waals surface area contributed by atoms with Crippen LogP contribution in [0.25, 0.3) is 0 Å². The van der Waals surface area contributed by atoms with E-state index in [1.165, 1.54) is 45.0 Å². The van der Waals surface area contributed by atoms with Gasteiger partial charge in [0.05, 0.1) is 9.79 Å². The van der Waals surface area contributed by atoms with E-state index in [1.54, 1.807) is 27.7 Å². The molecule has 15 nitrogen and oxygen atoms in total. The molecule has 6 atom stereocenters. The number of esters is 1. The summed E-state index contributed by atoms with van der Waals surface area (Å²) >= 11 is 0. The summed E-state index contributed by atoms with van der Waals surface area (Å²) in [6.07, 6.45) is 1.58. The molecule has 17 heteroatoms. The summed E-state index contributed by atoms with van der Waals surface area (Å²) in [7, 11) is -7.97. The molecular weight excluding hydrogens is 775 g/mol. The van der Waals surface area contributed by atoms with Crippen molar-refractivity contribution in [2.75, 3.05) is 33.0 Å². The predicted octanol–water partition coefficient (Wildman–Crippen LogP) is 5.77. The van der Waals surface area contributed by atoms with Crippen molar-refractivity contribution in [1.29, 1.82) is 0 Å². The van der Waals surface area contributed by atoms with Crippen LogP contribution in [0.2, 0.25) is 0 Å². The van der Waals surface area contributed by atoms with Crippen molar-refractivity contribution in [3.05, 3.63) is 58.7 Å². The van der Waals surface area contributed by atoms with Gasteiger partial charge < -0.3 is 24.8 Å². The van der Waals surface area contributed by atoms with Crippen LogP contribution in [0.5, 0.6) is 0 Å². The van der Waals surface area contributed by atoms with E-state index in [0.29, 0.717) is 43.7 Å². The van der Waals surface area contributed by atoms with Gasteiger partial charge in [-0.1, -0.05) is 70.4 Å². The Kier molecular flexibility index (Phi) is 13.5. The number of piperidine rings is 2. The number of nitrogens with one attached hydrogen (secondary N) is 1. The number of nitrogens with zero attached hydrogens (tertiary/aromatic N) is 4. The van der Waals surface area contributed by atoms with Crippen LogP contribution in [0.4, 0.5) is 4.79 Å². The molecule has 0 spiro atoms. The average Bonchev–Trinajstić information content (AvgIpc) is 3.12. The molecule has 0 bridgehead atoms. The van der Waals surface area contributed by atoms with E-state index in [0.717, 1.165) is 12.8 Å². The summed E-state index contributed by atoms with van der Waals surface area (Å²) in [6.45, 7) is 17.6. The van der Waals surface area contributed by atoms with Gasteiger partial charge in [0.1, 0.15) is 23.1 Å². The fraction of sp³-hybridized carbons (Fsp3) is 0.600. The lowest BCUT2D eigenvalue weighted by molar-refractivity contribution is -0.160. The molecule has 314 valence electrons. The minimum Gasteiger partial charge on any atom is -0.444 e. The van der Waals surface area contributed by atoms with Crippen LogP contribution in [0.15, 0.2) is 56.5 Å². The van der Waals surface area contributed by atoms with Crippen molar-refractivity contribution in [1.82, 2.24) is 13.9 Å². The number of hydrogen-bond donors (Lipinski definition) is 2. The third-order valence-electron chi connectivity index (χ3n) is 10.6. The molecule has 2 heterocycles. The number of amides is 1. The highest BCUT2D eigenvalue weighted by Crippen LogP contribution is 2.35. The Morgan fingerprint density at radius 1 is 0.807 bits per heavy atom. The largest absolute Gasteiger partial charge is 0.444 e. The average molecular weight is 832 g/mol. The lowest BCUT2D eigenvalue weighted by Crippen LogP contribution is -2.47. The predicted molar refractivity (Wildman–Crippen MR) is 214 cm³/mol. The topological polar surface area (TPSA) is 194 Å². The number of benzene rings is 2. The first-order valence-corrected chi connectivity index (χ1v) is 22.4. The van der Waals surface area contributed by atoms with Gasteiger partial charge in [0, 0.05) is 48.4 Å². The third kappa shape index (κ3) is 9.98. The van der Waals surface area contributed by atoms with Gasteiger partial charge in [-0.05, 0) is 87.5 Å². The normalized spacial score (nSPS) is 23.0. The lowest BCUT2D eigenvalue weighted by Gasteiger charge is -2.34. The molecular formula is C40H57N5O10S2. The monoisotopic (exact) mass is 831 g/mol. The van der Waals surface area contributed by atoms with Gasteiger partial charge in [0.25, 0.3) is 6.79 Å². The number of sulfonamides is 2. The smallest absolute Gasteiger partial charge is 0.408 e. The number of alkyl carbamates (subject to hydrolysis) is 1. The first-order valence-electron chi connectivity index (χ1n) is 19.5. The molecule has 1 amide bonds. The second-order valence-electron chi connectivity index (χ2n) is 17.1. The van der Waals surface area contributed by atoms with E-state index in [1.807, 2.05) is 34.6 Å². The molecule has 0 aromatic heterocycles. The lowest BCUT2D eigenvalue weighted by atomic mass is 9.83. The number of oxime groups is 2. The van der Waals surface area contributed by atoms with E-state index >= 15 is 0 Å². The summed E-state index contributed by atoms with van der Waals surface area (Å²) in [4.78, 5) is 31.2. The van der Waals surface area contributed by atoms with Crippen molar-refractivity contribution >= 4 is 43.5 Å². The Hall–Kier alpha value is -4.06. The minimum atomic E-state index is -3.98. The van der Waals surface area contributed by atoms with Crippen molar-refractivity contribution in [2.24, 2.45) is 39.9 Å². The standard InChI is InChI=1S/C40H57N5O10S2/c1-10-28(6)35(41-39(47)55-40(7,8)9)38(46)53-23-54-43-37-31-13-11-29(56(49,50)44-19-24(2)15-25(3)20-44)17-33(31)36(42-48)34-18-30(12-14-32(34)37)57(51,52)45-21-26(4)16-27(5)22-45/h11-14,17-18,24-28,35,48H,10,15-16,19-23H2,1-9H3,(H,41,47)/t24-,25+,26-,27+,28?,35?. The number of rotatable bonds is 11.